The minimum absolute atomic E-state index is 0.0337. The second-order valence-corrected chi connectivity index (χ2v) is 7.10. The molecular weight excluding hydrogens is 342 g/mol. The molecule has 25 heavy (non-hydrogen) atoms. The molecule has 2 heterocycles. The van der Waals surface area contributed by atoms with Crippen LogP contribution >= 0.6 is 0 Å². The van der Waals surface area contributed by atoms with E-state index in [1.807, 2.05) is 30.3 Å². The van der Waals surface area contributed by atoms with Crippen LogP contribution in [0.2, 0.25) is 0 Å². The van der Waals surface area contributed by atoms with E-state index in [-0.39, 0.29) is 22.9 Å². The number of hydrazine groups is 1. The molecule has 8 heteroatoms. The number of sulfonamides is 1. The summed E-state index contributed by atoms with van der Waals surface area (Å²) < 4.78 is 30.2. The first-order valence-electron chi connectivity index (χ1n) is 7.48. The van der Waals surface area contributed by atoms with Crippen molar-refractivity contribution in [1.29, 1.82) is 0 Å². The highest BCUT2D eigenvalue weighted by molar-refractivity contribution is 7.89. The maximum absolute atomic E-state index is 12.5. The maximum atomic E-state index is 12.5. The third-order valence-corrected chi connectivity index (χ3v) is 5.18. The van der Waals surface area contributed by atoms with Gasteiger partial charge in [0, 0.05) is 5.56 Å². The molecule has 1 aliphatic rings. The Bertz CT molecular complexity index is 1040. The summed E-state index contributed by atoms with van der Waals surface area (Å²) >= 11 is 0. The van der Waals surface area contributed by atoms with E-state index in [0.29, 0.717) is 5.76 Å². The van der Waals surface area contributed by atoms with Crippen molar-refractivity contribution in [3.8, 4) is 11.3 Å². The number of benzene rings is 2. The van der Waals surface area contributed by atoms with Crippen LogP contribution in [0.1, 0.15) is 16.2 Å². The molecule has 0 radical (unpaired) electrons. The van der Waals surface area contributed by atoms with Gasteiger partial charge in [-0.05, 0) is 12.1 Å². The van der Waals surface area contributed by atoms with E-state index in [9.17, 15) is 13.2 Å². The normalized spacial score (nSPS) is 15.8. The molecule has 0 aliphatic carbocycles. The lowest BCUT2D eigenvalue weighted by Crippen LogP contribution is -2.49. The largest absolute Gasteiger partial charge is 0.439 e. The van der Waals surface area contributed by atoms with E-state index in [1.165, 1.54) is 12.1 Å². The minimum Gasteiger partial charge on any atom is -0.439 e. The number of fused-ring (bicyclic) bond motifs is 1. The molecule has 0 unspecified atom stereocenters. The van der Waals surface area contributed by atoms with E-state index in [2.05, 4.69) is 9.82 Å². The Hall–Kier alpha value is -2.97. The highest BCUT2D eigenvalue weighted by Crippen LogP contribution is 2.24. The molecule has 1 aliphatic heterocycles. The van der Waals surface area contributed by atoms with Gasteiger partial charge in [-0.25, -0.2) is 13.4 Å². The van der Waals surface area contributed by atoms with E-state index in [4.69, 9.17) is 4.42 Å². The monoisotopic (exact) mass is 355 g/mol. The summed E-state index contributed by atoms with van der Waals surface area (Å²) in [6.07, 6.45) is 1.54. The molecule has 0 spiro atoms. The van der Waals surface area contributed by atoms with E-state index in [1.54, 1.807) is 18.3 Å². The molecule has 0 fully saturated rings. The smallest absolute Gasteiger partial charge is 0.270 e. The number of aromatic nitrogens is 1. The Morgan fingerprint density at radius 2 is 1.76 bits per heavy atom. The SMILES string of the molecule is O=C1c2ccccc2S(=O)(=O)NN1Cc1ncc(-c2ccccc2)o1. The number of oxazole rings is 1. The van der Waals surface area contributed by atoms with Gasteiger partial charge in [0.25, 0.3) is 15.9 Å². The molecule has 1 amide bonds. The van der Waals surface area contributed by atoms with Crippen molar-refractivity contribution in [3.05, 3.63) is 72.2 Å². The van der Waals surface area contributed by atoms with Gasteiger partial charge in [0.2, 0.25) is 5.89 Å². The highest BCUT2D eigenvalue weighted by atomic mass is 32.2. The van der Waals surface area contributed by atoms with Gasteiger partial charge in [0.1, 0.15) is 6.54 Å². The van der Waals surface area contributed by atoms with Crippen molar-refractivity contribution in [2.75, 3.05) is 0 Å². The molecule has 0 atom stereocenters. The number of amides is 1. The van der Waals surface area contributed by atoms with Crippen LogP contribution < -0.4 is 4.83 Å². The molecule has 4 rings (SSSR count). The van der Waals surface area contributed by atoms with Gasteiger partial charge in [0.05, 0.1) is 16.7 Å². The van der Waals surface area contributed by atoms with Crippen LogP contribution in [-0.2, 0) is 16.6 Å². The standard InChI is InChI=1S/C17H13N3O4S/c21-17-13-8-4-5-9-15(13)25(22,23)19-20(17)11-16-18-10-14(24-16)12-6-2-1-3-7-12/h1-10,19H,11H2. The van der Waals surface area contributed by atoms with Crippen molar-refractivity contribution >= 4 is 15.9 Å². The molecule has 3 aromatic rings. The van der Waals surface area contributed by atoms with Gasteiger partial charge < -0.3 is 4.42 Å². The maximum Gasteiger partial charge on any atom is 0.270 e. The average molecular weight is 355 g/mol. The number of hydrogen-bond donors (Lipinski definition) is 1. The fourth-order valence-corrected chi connectivity index (χ4v) is 3.86. The summed E-state index contributed by atoms with van der Waals surface area (Å²) in [5.41, 5.74) is 0.966. The quantitative estimate of drug-likeness (QED) is 0.777. The molecule has 0 saturated heterocycles. The fourth-order valence-electron chi connectivity index (χ4n) is 2.62. The summed E-state index contributed by atoms with van der Waals surface area (Å²) in [4.78, 5) is 18.9. The van der Waals surface area contributed by atoms with Gasteiger partial charge in [-0.2, -0.15) is 0 Å². The van der Waals surface area contributed by atoms with Gasteiger partial charge in [-0.15, -0.1) is 4.83 Å². The number of rotatable bonds is 3. The van der Waals surface area contributed by atoms with Gasteiger partial charge in [-0.1, -0.05) is 42.5 Å². The molecule has 1 N–H and O–H groups in total. The van der Waals surface area contributed by atoms with Crippen LogP contribution in [0.3, 0.4) is 0 Å². The summed E-state index contributed by atoms with van der Waals surface area (Å²) in [5.74, 6) is 0.322. The second-order valence-electron chi connectivity index (χ2n) is 5.47. The summed E-state index contributed by atoms with van der Waals surface area (Å²) in [7, 11) is -3.80. The van der Waals surface area contributed by atoms with Crippen LogP contribution in [-0.4, -0.2) is 24.3 Å². The average Bonchev–Trinajstić information content (AvgIpc) is 3.09. The van der Waals surface area contributed by atoms with Gasteiger partial charge in [0.15, 0.2) is 5.76 Å². The van der Waals surface area contributed by atoms with Crippen molar-refractivity contribution < 1.29 is 17.6 Å². The summed E-state index contributed by atoms with van der Waals surface area (Å²) in [5, 5.41) is 0.984. The van der Waals surface area contributed by atoms with Crippen LogP contribution in [0.4, 0.5) is 0 Å². The van der Waals surface area contributed by atoms with E-state index >= 15 is 0 Å². The van der Waals surface area contributed by atoms with Crippen LogP contribution in [0.15, 0.2) is 70.1 Å². The van der Waals surface area contributed by atoms with Gasteiger partial charge in [-0.3, -0.25) is 9.80 Å². The Morgan fingerprint density at radius 1 is 1.04 bits per heavy atom. The molecule has 7 nitrogen and oxygen atoms in total. The zero-order valence-electron chi connectivity index (χ0n) is 12.9. The predicted octanol–water partition coefficient (Wildman–Crippen LogP) is 2.19. The highest BCUT2D eigenvalue weighted by Gasteiger charge is 2.34. The fraction of sp³-hybridized carbons (Fsp3) is 0.0588. The molecule has 1 aromatic heterocycles. The molecule has 126 valence electrons. The summed E-state index contributed by atoms with van der Waals surface area (Å²) in [6.45, 7) is -0.112. The number of nitrogens with zero attached hydrogens (tertiary/aromatic N) is 2. The topological polar surface area (TPSA) is 92.5 Å². The van der Waals surface area contributed by atoms with Gasteiger partial charge >= 0.3 is 0 Å². The minimum atomic E-state index is -3.80. The molecule has 2 aromatic carbocycles. The Kier molecular flexibility index (Phi) is 3.63. The van der Waals surface area contributed by atoms with E-state index in [0.717, 1.165) is 10.6 Å². The molecular formula is C17H13N3O4S. The number of hydrogen-bond acceptors (Lipinski definition) is 5. The van der Waals surface area contributed by atoms with Crippen molar-refractivity contribution in [1.82, 2.24) is 14.8 Å². The Labute approximate surface area is 143 Å². The third kappa shape index (κ3) is 2.81. The number of carbonyl (C=O) groups is 1. The second kappa shape index (κ2) is 5.83. The van der Waals surface area contributed by atoms with E-state index < -0.39 is 15.9 Å². The lowest BCUT2D eigenvalue weighted by atomic mass is 10.2. The van der Waals surface area contributed by atoms with Crippen LogP contribution in [0, 0.1) is 0 Å². The summed E-state index contributed by atoms with van der Waals surface area (Å²) in [6, 6.07) is 15.4. The first kappa shape index (κ1) is 15.6. The zero-order chi connectivity index (χ0) is 17.4. The number of nitrogens with one attached hydrogen (secondary N) is 1. The van der Waals surface area contributed by atoms with Crippen molar-refractivity contribution in [2.24, 2.45) is 0 Å². The Morgan fingerprint density at radius 3 is 2.56 bits per heavy atom. The molecule has 0 saturated carbocycles. The zero-order valence-corrected chi connectivity index (χ0v) is 13.7. The third-order valence-electron chi connectivity index (χ3n) is 3.79. The Balaban J connectivity index is 1.62. The van der Waals surface area contributed by atoms with Crippen molar-refractivity contribution in [2.45, 2.75) is 11.4 Å². The lowest BCUT2D eigenvalue weighted by Gasteiger charge is -2.27. The number of carbonyl (C=O) groups excluding carboxylic acids is 1. The first-order valence-corrected chi connectivity index (χ1v) is 8.96. The lowest BCUT2D eigenvalue weighted by molar-refractivity contribution is 0.0670. The van der Waals surface area contributed by atoms with Crippen molar-refractivity contribution in [3.63, 3.8) is 0 Å². The molecule has 0 bridgehead atoms. The van der Waals surface area contributed by atoms with Crippen LogP contribution in [0.25, 0.3) is 11.3 Å². The predicted molar refractivity (Wildman–Crippen MR) is 88.6 cm³/mol. The first-order chi connectivity index (χ1) is 12.0. The van der Waals surface area contributed by atoms with Crippen LogP contribution in [0.5, 0.6) is 0 Å².